The molecule has 3 rings (SSSR count). The third-order valence-corrected chi connectivity index (χ3v) is 5.65. The SMILES string of the molecule is COc1cc2c(cc1OC)C1(CCCCC1)CN(C(=O)C(C)C)C2. The van der Waals surface area contributed by atoms with E-state index in [1.165, 1.54) is 30.4 Å². The second-order valence-corrected chi connectivity index (χ2v) is 7.55. The lowest BCUT2D eigenvalue weighted by atomic mass is 9.66. The highest BCUT2D eigenvalue weighted by atomic mass is 16.5. The lowest BCUT2D eigenvalue weighted by molar-refractivity contribution is -0.137. The first-order valence-corrected chi connectivity index (χ1v) is 9.05. The van der Waals surface area contributed by atoms with E-state index in [-0.39, 0.29) is 17.2 Å². The van der Waals surface area contributed by atoms with Crippen LogP contribution >= 0.6 is 0 Å². The minimum atomic E-state index is 0.0346. The van der Waals surface area contributed by atoms with Gasteiger partial charge in [0.1, 0.15) is 0 Å². The van der Waals surface area contributed by atoms with E-state index < -0.39 is 0 Å². The number of rotatable bonds is 3. The number of carbonyl (C=O) groups is 1. The zero-order valence-electron chi connectivity index (χ0n) is 15.4. The molecule has 132 valence electrons. The van der Waals surface area contributed by atoms with Gasteiger partial charge < -0.3 is 14.4 Å². The molecule has 1 spiro atoms. The molecule has 1 aromatic rings. The number of methoxy groups -OCH3 is 2. The van der Waals surface area contributed by atoms with E-state index in [4.69, 9.17) is 9.47 Å². The number of hydrogen-bond acceptors (Lipinski definition) is 3. The van der Waals surface area contributed by atoms with Gasteiger partial charge in [-0.15, -0.1) is 0 Å². The fourth-order valence-corrected chi connectivity index (χ4v) is 4.43. The van der Waals surface area contributed by atoms with Gasteiger partial charge in [-0.3, -0.25) is 4.79 Å². The van der Waals surface area contributed by atoms with Gasteiger partial charge in [-0.05, 0) is 36.1 Å². The van der Waals surface area contributed by atoms with Crippen molar-refractivity contribution >= 4 is 5.91 Å². The summed E-state index contributed by atoms with van der Waals surface area (Å²) in [6.45, 7) is 5.49. The predicted octanol–water partition coefficient (Wildman–Crippen LogP) is 3.90. The van der Waals surface area contributed by atoms with Crippen molar-refractivity contribution in [3.05, 3.63) is 23.3 Å². The van der Waals surface area contributed by atoms with Crippen molar-refractivity contribution in [2.75, 3.05) is 20.8 Å². The van der Waals surface area contributed by atoms with E-state index in [2.05, 4.69) is 17.0 Å². The van der Waals surface area contributed by atoms with Gasteiger partial charge in [-0.25, -0.2) is 0 Å². The van der Waals surface area contributed by atoms with Gasteiger partial charge in [-0.1, -0.05) is 33.1 Å². The minimum Gasteiger partial charge on any atom is -0.493 e. The number of benzene rings is 1. The Morgan fingerprint density at radius 2 is 1.71 bits per heavy atom. The molecular weight excluding hydrogens is 302 g/mol. The molecule has 4 nitrogen and oxygen atoms in total. The number of fused-ring (bicyclic) bond motifs is 2. The summed E-state index contributed by atoms with van der Waals surface area (Å²) in [5.74, 6) is 1.83. The van der Waals surface area contributed by atoms with Crippen molar-refractivity contribution in [3.63, 3.8) is 0 Å². The lowest BCUT2D eigenvalue weighted by Gasteiger charge is -2.47. The molecule has 4 heteroatoms. The molecular formula is C20H29NO3. The molecule has 0 radical (unpaired) electrons. The van der Waals surface area contributed by atoms with Crippen molar-refractivity contribution in [2.45, 2.75) is 57.9 Å². The Kier molecular flexibility index (Phi) is 4.75. The minimum absolute atomic E-state index is 0.0346. The van der Waals surface area contributed by atoms with E-state index in [9.17, 15) is 4.79 Å². The molecule has 1 aliphatic carbocycles. The van der Waals surface area contributed by atoms with Crippen LogP contribution in [0.15, 0.2) is 12.1 Å². The molecule has 0 atom stereocenters. The summed E-state index contributed by atoms with van der Waals surface area (Å²) in [5, 5.41) is 0. The number of ether oxygens (including phenoxy) is 2. The van der Waals surface area contributed by atoms with Crippen molar-refractivity contribution in [1.29, 1.82) is 0 Å². The number of amides is 1. The molecule has 1 aliphatic heterocycles. The molecule has 24 heavy (non-hydrogen) atoms. The number of carbonyl (C=O) groups excluding carboxylic acids is 1. The maximum absolute atomic E-state index is 12.7. The molecule has 0 N–H and O–H groups in total. The van der Waals surface area contributed by atoms with Crippen LogP contribution in [0.5, 0.6) is 11.5 Å². The highest BCUT2D eigenvalue weighted by Crippen LogP contribution is 2.47. The Labute approximate surface area is 145 Å². The molecule has 0 saturated heterocycles. The molecule has 1 aromatic carbocycles. The van der Waals surface area contributed by atoms with Crippen molar-refractivity contribution in [2.24, 2.45) is 5.92 Å². The summed E-state index contributed by atoms with van der Waals surface area (Å²) in [5.41, 5.74) is 2.66. The number of nitrogens with zero attached hydrogens (tertiary/aromatic N) is 1. The molecule has 1 saturated carbocycles. The first-order valence-electron chi connectivity index (χ1n) is 9.05. The molecule has 0 unspecified atom stereocenters. The molecule has 0 bridgehead atoms. The zero-order chi connectivity index (χ0) is 17.3. The smallest absolute Gasteiger partial charge is 0.225 e. The van der Waals surface area contributed by atoms with Crippen LogP contribution in [0.25, 0.3) is 0 Å². The Bertz CT molecular complexity index is 618. The van der Waals surface area contributed by atoms with Crippen molar-refractivity contribution in [3.8, 4) is 11.5 Å². The summed E-state index contributed by atoms with van der Waals surface area (Å²) < 4.78 is 11.0. The fraction of sp³-hybridized carbons (Fsp3) is 0.650. The Morgan fingerprint density at radius 3 is 2.29 bits per heavy atom. The normalized spacial score (nSPS) is 19.3. The average molecular weight is 331 g/mol. The lowest BCUT2D eigenvalue weighted by Crippen LogP contribution is -2.50. The van der Waals surface area contributed by atoms with Gasteiger partial charge in [0, 0.05) is 24.4 Å². The van der Waals surface area contributed by atoms with E-state index in [0.717, 1.165) is 30.9 Å². The van der Waals surface area contributed by atoms with Crippen LogP contribution in [0.1, 0.15) is 57.1 Å². The maximum atomic E-state index is 12.7. The fourth-order valence-electron chi connectivity index (χ4n) is 4.43. The zero-order valence-corrected chi connectivity index (χ0v) is 15.4. The van der Waals surface area contributed by atoms with E-state index in [0.29, 0.717) is 6.54 Å². The maximum Gasteiger partial charge on any atom is 0.225 e. The second kappa shape index (κ2) is 6.66. The topological polar surface area (TPSA) is 38.8 Å². The molecule has 1 heterocycles. The van der Waals surface area contributed by atoms with Crippen LogP contribution < -0.4 is 9.47 Å². The molecule has 1 fully saturated rings. The van der Waals surface area contributed by atoms with Crippen LogP contribution in [0.2, 0.25) is 0 Å². The van der Waals surface area contributed by atoms with E-state index in [1.807, 2.05) is 13.8 Å². The predicted molar refractivity (Wildman–Crippen MR) is 94.6 cm³/mol. The quantitative estimate of drug-likeness (QED) is 0.843. The third kappa shape index (κ3) is 2.87. The highest BCUT2D eigenvalue weighted by molar-refractivity contribution is 5.79. The van der Waals surface area contributed by atoms with E-state index in [1.54, 1.807) is 14.2 Å². The van der Waals surface area contributed by atoms with Gasteiger partial charge >= 0.3 is 0 Å². The first kappa shape index (κ1) is 17.1. The second-order valence-electron chi connectivity index (χ2n) is 7.55. The van der Waals surface area contributed by atoms with Crippen LogP contribution in [-0.4, -0.2) is 31.6 Å². The molecule has 2 aliphatic rings. The van der Waals surface area contributed by atoms with Gasteiger partial charge in [-0.2, -0.15) is 0 Å². The van der Waals surface area contributed by atoms with Crippen molar-refractivity contribution in [1.82, 2.24) is 4.90 Å². The summed E-state index contributed by atoms with van der Waals surface area (Å²) in [6.07, 6.45) is 6.06. The highest BCUT2D eigenvalue weighted by Gasteiger charge is 2.42. The molecule has 0 aromatic heterocycles. The van der Waals surface area contributed by atoms with Crippen molar-refractivity contribution < 1.29 is 14.3 Å². The van der Waals surface area contributed by atoms with Crippen LogP contribution in [-0.2, 0) is 16.8 Å². The third-order valence-electron chi connectivity index (χ3n) is 5.65. The summed E-state index contributed by atoms with van der Waals surface area (Å²) >= 11 is 0. The number of hydrogen-bond donors (Lipinski definition) is 0. The Hall–Kier alpha value is -1.71. The van der Waals surface area contributed by atoms with Crippen LogP contribution in [0.4, 0.5) is 0 Å². The summed E-state index contributed by atoms with van der Waals surface area (Å²) in [4.78, 5) is 14.7. The molecule has 1 amide bonds. The first-order chi connectivity index (χ1) is 11.5. The van der Waals surface area contributed by atoms with Gasteiger partial charge in [0.25, 0.3) is 0 Å². The Balaban J connectivity index is 2.08. The van der Waals surface area contributed by atoms with E-state index >= 15 is 0 Å². The summed E-state index contributed by atoms with van der Waals surface area (Å²) in [6, 6.07) is 4.24. The monoisotopic (exact) mass is 331 g/mol. The Morgan fingerprint density at radius 1 is 1.08 bits per heavy atom. The standard InChI is InChI=1S/C20H29NO3/c1-14(2)19(22)21-12-15-10-17(23-3)18(24-4)11-16(15)20(13-21)8-6-5-7-9-20/h10-11,14H,5-9,12-13H2,1-4H3. The average Bonchev–Trinajstić information content (AvgIpc) is 2.60. The van der Waals surface area contributed by atoms with Gasteiger partial charge in [0.15, 0.2) is 11.5 Å². The van der Waals surface area contributed by atoms with Crippen LogP contribution in [0.3, 0.4) is 0 Å². The van der Waals surface area contributed by atoms with Gasteiger partial charge in [0.2, 0.25) is 5.91 Å². The van der Waals surface area contributed by atoms with Crippen LogP contribution in [0, 0.1) is 5.92 Å². The van der Waals surface area contributed by atoms with Gasteiger partial charge in [0.05, 0.1) is 14.2 Å². The summed E-state index contributed by atoms with van der Waals surface area (Å²) in [7, 11) is 3.36. The largest absolute Gasteiger partial charge is 0.493 e.